The predicted octanol–water partition coefficient (Wildman–Crippen LogP) is 2.05. The monoisotopic (exact) mass is 520 g/mol. The van der Waals surface area contributed by atoms with Crippen LogP contribution in [0.4, 0.5) is 0 Å². The number of benzene rings is 2. The maximum absolute atomic E-state index is 13.9. The maximum Gasteiger partial charge on any atom is 0.332 e. The molecule has 1 saturated carbocycles. The van der Waals surface area contributed by atoms with Crippen molar-refractivity contribution in [2.24, 2.45) is 5.92 Å². The molecule has 1 aliphatic carbocycles. The van der Waals surface area contributed by atoms with Gasteiger partial charge in [-0.05, 0) is 54.7 Å². The number of methoxy groups -OCH3 is 2. The largest absolute Gasteiger partial charge is 0.493 e. The zero-order valence-electron chi connectivity index (χ0n) is 21.9. The summed E-state index contributed by atoms with van der Waals surface area (Å²) in [5.41, 5.74) is 1.16. The molecular weight excluding hydrogens is 488 g/mol. The normalized spacial score (nSPS) is 17.0. The highest BCUT2D eigenvalue weighted by Gasteiger charge is 2.37. The number of hydrogen-bond acceptors (Lipinski definition) is 6. The molecule has 1 N–H and O–H groups in total. The highest BCUT2D eigenvalue weighted by atomic mass is 16.5. The van der Waals surface area contributed by atoms with Crippen LogP contribution in [-0.4, -0.2) is 53.2 Å². The number of nitrogens with one attached hydrogen (secondary N) is 1. The van der Waals surface area contributed by atoms with E-state index in [0.29, 0.717) is 47.5 Å². The Bertz CT molecular complexity index is 1520. The first-order chi connectivity index (χ1) is 18.3. The number of amides is 2. The lowest BCUT2D eigenvalue weighted by Gasteiger charge is -2.21. The fraction of sp³-hybridized carbons (Fsp3) is 0.429. The van der Waals surface area contributed by atoms with Crippen molar-refractivity contribution >= 4 is 22.7 Å². The third kappa shape index (κ3) is 4.90. The number of aromatic nitrogens is 2. The van der Waals surface area contributed by atoms with E-state index >= 15 is 0 Å². The molecular formula is C28H32N4O6. The van der Waals surface area contributed by atoms with Crippen molar-refractivity contribution in [2.75, 3.05) is 27.3 Å². The smallest absolute Gasteiger partial charge is 0.332 e. The van der Waals surface area contributed by atoms with E-state index in [9.17, 15) is 19.2 Å². The molecule has 1 atom stereocenters. The number of likely N-dealkylation sites (tertiary alicyclic amines) is 1. The van der Waals surface area contributed by atoms with Crippen molar-refractivity contribution in [2.45, 2.75) is 45.3 Å². The third-order valence-corrected chi connectivity index (χ3v) is 7.33. The molecule has 5 rings (SSSR count). The summed E-state index contributed by atoms with van der Waals surface area (Å²) in [6.45, 7) is 2.77. The Morgan fingerprint density at radius 3 is 2.39 bits per heavy atom. The zero-order chi connectivity index (χ0) is 27.0. The first-order valence-corrected chi connectivity index (χ1v) is 12.8. The highest BCUT2D eigenvalue weighted by Crippen LogP contribution is 2.34. The second kappa shape index (κ2) is 10.4. The van der Waals surface area contributed by atoms with Crippen LogP contribution < -0.4 is 26.0 Å². The van der Waals surface area contributed by atoms with Gasteiger partial charge in [0.1, 0.15) is 0 Å². The molecule has 2 fully saturated rings. The molecule has 0 radical (unpaired) electrons. The minimum Gasteiger partial charge on any atom is -0.493 e. The molecule has 3 aromatic rings. The lowest BCUT2D eigenvalue weighted by molar-refractivity contribution is -0.131. The van der Waals surface area contributed by atoms with E-state index in [2.05, 4.69) is 5.32 Å². The van der Waals surface area contributed by atoms with E-state index in [1.54, 1.807) is 42.0 Å². The van der Waals surface area contributed by atoms with Gasteiger partial charge in [-0.3, -0.25) is 23.5 Å². The van der Waals surface area contributed by atoms with E-state index in [1.165, 1.54) is 18.6 Å². The number of nitrogens with zero attached hydrogens (tertiary/aromatic N) is 3. The van der Waals surface area contributed by atoms with E-state index < -0.39 is 11.2 Å². The highest BCUT2D eigenvalue weighted by molar-refractivity contribution is 5.82. The summed E-state index contributed by atoms with van der Waals surface area (Å²) in [5, 5.41) is 3.14. The fourth-order valence-electron chi connectivity index (χ4n) is 5.16. The Hall–Kier alpha value is -4.08. The SMILES string of the molecule is COc1ccc(Cn2c(=O)c3cc(CNC(C)=O)ccc3n(C3CCN(C(=O)C4CC4)C3)c2=O)cc1OC. The molecule has 2 amide bonds. The van der Waals surface area contributed by atoms with Gasteiger partial charge in [0.2, 0.25) is 11.8 Å². The van der Waals surface area contributed by atoms with Gasteiger partial charge in [-0.1, -0.05) is 12.1 Å². The molecule has 2 aliphatic rings. The molecule has 2 heterocycles. The van der Waals surface area contributed by atoms with Gasteiger partial charge in [-0.15, -0.1) is 0 Å². The molecule has 200 valence electrons. The fourth-order valence-corrected chi connectivity index (χ4v) is 5.16. The summed E-state index contributed by atoms with van der Waals surface area (Å²) in [7, 11) is 3.07. The summed E-state index contributed by atoms with van der Waals surface area (Å²) in [4.78, 5) is 53.6. The van der Waals surface area contributed by atoms with Crippen LogP contribution in [0.25, 0.3) is 10.9 Å². The van der Waals surface area contributed by atoms with E-state index in [4.69, 9.17) is 9.47 Å². The second-order valence-electron chi connectivity index (χ2n) is 10.00. The summed E-state index contributed by atoms with van der Waals surface area (Å²) < 4.78 is 13.6. The molecule has 1 aromatic heterocycles. The number of rotatable bonds is 8. The Balaban J connectivity index is 1.60. The van der Waals surface area contributed by atoms with Gasteiger partial charge in [0.25, 0.3) is 5.56 Å². The number of carbonyl (C=O) groups is 2. The van der Waals surface area contributed by atoms with Crippen LogP contribution in [-0.2, 0) is 22.7 Å². The van der Waals surface area contributed by atoms with E-state index in [-0.39, 0.29) is 36.9 Å². The molecule has 10 heteroatoms. The van der Waals surface area contributed by atoms with E-state index in [1.807, 2.05) is 11.0 Å². The summed E-state index contributed by atoms with van der Waals surface area (Å²) in [6.07, 6.45) is 2.49. The van der Waals surface area contributed by atoms with Crippen molar-refractivity contribution in [1.29, 1.82) is 0 Å². The topological polar surface area (TPSA) is 112 Å². The summed E-state index contributed by atoms with van der Waals surface area (Å²) in [5.74, 6) is 1.14. The van der Waals surface area contributed by atoms with Gasteiger partial charge in [0, 0.05) is 32.5 Å². The second-order valence-corrected chi connectivity index (χ2v) is 10.00. The van der Waals surface area contributed by atoms with Crippen molar-refractivity contribution < 1.29 is 19.1 Å². The Labute approximate surface area is 219 Å². The van der Waals surface area contributed by atoms with Crippen LogP contribution in [0.5, 0.6) is 11.5 Å². The third-order valence-electron chi connectivity index (χ3n) is 7.33. The molecule has 1 unspecified atom stereocenters. The van der Waals surface area contributed by atoms with Crippen LogP contribution in [0.1, 0.15) is 43.4 Å². The maximum atomic E-state index is 13.9. The first-order valence-electron chi connectivity index (χ1n) is 12.8. The van der Waals surface area contributed by atoms with Gasteiger partial charge >= 0.3 is 5.69 Å². The first kappa shape index (κ1) is 25.6. The van der Waals surface area contributed by atoms with Crippen LogP contribution in [0.15, 0.2) is 46.0 Å². The number of fused-ring (bicyclic) bond motifs is 1. The molecule has 1 saturated heterocycles. The van der Waals surface area contributed by atoms with Crippen LogP contribution >= 0.6 is 0 Å². The Kier molecular flexibility index (Phi) is 6.96. The number of hydrogen-bond donors (Lipinski definition) is 1. The van der Waals surface area contributed by atoms with Gasteiger partial charge in [-0.25, -0.2) is 4.79 Å². The minimum atomic E-state index is -0.419. The molecule has 10 nitrogen and oxygen atoms in total. The van der Waals surface area contributed by atoms with Crippen LogP contribution in [0.3, 0.4) is 0 Å². The quantitative estimate of drug-likeness (QED) is 0.487. The van der Waals surface area contributed by atoms with Crippen molar-refractivity contribution in [3.8, 4) is 11.5 Å². The zero-order valence-corrected chi connectivity index (χ0v) is 21.9. The minimum absolute atomic E-state index is 0.0430. The number of carbonyl (C=O) groups excluding carboxylic acids is 2. The lowest BCUT2D eigenvalue weighted by Crippen LogP contribution is -2.42. The molecule has 2 aromatic carbocycles. The lowest BCUT2D eigenvalue weighted by atomic mass is 10.1. The Morgan fingerprint density at radius 2 is 1.71 bits per heavy atom. The van der Waals surface area contributed by atoms with Crippen LogP contribution in [0, 0.1) is 5.92 Å². The van der Waals surface area contributed by atoms with Gasteiger partial charge < -0.3 is 19.7 Å². The molecule has 0 bridgehead atoms. The van der Waals surface area contributed by atoms with Crippen molar-refractivity contribution in [3.05, 3.63) is 68.4 Å². The van der Waals surface area contributed by atoms with Gasteiger partial charge in [0.15, 0.2) is 11.5 Å². The molecule has 38 heavy (non-hydrogen) atoms. The van der Waals surface area contributed by atoms with E-state index in [0.717, 1.165) is 18.4 Å². The predicted molar refractivity (Wildman–Crippen MR) is 142 cm³/mol. The Morgan fingerprint density at radius 1 is 0.974 bits per heavy atom. The van der Waals surface area contributed by atoms with Crippen molar-refractivity contribution in [3.63, 3.8) is 0 Å². The average molecular weight is 521 g/mol. The standard InChI is InChI=1S/C28H32N4O6/c1-17(33)29-14-18-4-8-23-22(12-18)27(35)31(15-19-5-9-24(37-2)25(13-19)38-3)28(36)32(23)21-10-11-30(16-21)26(34)20-6-7-20/h4-5,8-9,12-13,20-21H,6-7,10-11,14-16H2,1-3H3,(H,29,33). The van der Waals surface area contributed by atoms with Gasteiger partial charge in [-0.2, -0.15) is 0 Å². The van der Waals surface area contributed by atoms with Gasteiger partial charge in [0.05, 0.1) is 37.7 Å². The number of ether oxygens (including phenoxy) is 2. The molecule has 0 spiro atoms. The van der Waals surface area contributed by atoms with Crippen LogP contribution in [0.2, 0.25) is 0 Å². The van der Waals surface area contributed by atoms with Crippen molar-refractivity contribution in [1.82, 2.24) is 19.4 Å². The summed E-state index contributed by atoms with van der Waals surface area (Å²) in [6, 6.07) is 10.3. The summed E-state index contributed by atoms with van der Waals surface area (Å²) >= 11 is 0. The molecule has 1 aliphatic heterocycles. The average Bonchev–Trinajstić information content (AvgIpc) is 3.66.